The van der Waals surface area contributed by atoms with E-state index in [1.54, 1.807) is 13.0 Å². The topological polar surface area (TPSA) is 66.9 Å². The number of hydrogen-bond donors (Lipinski definition) is 2. The standard InChI is InChI=1S/C21H20F2N4O/c1-11-7-12(2)19(13(3)8-11)27-20(28)18-9-14(4)24-21(26-18)25-17-6-5-15(22)10-16(17)23/h5-10H,1-4H3,(H,27,28)(H,24,25,26). The molecule has 0 saturated heterocycles. The van der Waals surface area contributed by atoms with Crippen molar-refractivity contribution in [1.82, 2.24) is 9.97 Å². The van der Waals surface area contributed by atoms with Crippen LogP contribution in [0.5, 0.6) is 0 Å². The summed E-state index contributed by atoms with van der Waals surface area (Å²) in [6.07, 6.45) is 0. The molecule has 0 radical (unpaired) electrons. The second-order valence-electron chi connectivity index (χ2n) is 6.70. The Hall–Kier alpha value is -3.35. The van der Waals surface area contributed by atoms with Gasteiger partial charge in [-0.2, -0.15) is 0 Å². The Balaban J connectivity index is 1.88. The van der Waals surface area contributed by atoms with Crippen molar-refractivity contribution in [2.24, 2.45) is 0 Å². The van der Waals surface area contributed by atoms with E-state index in [9.17, 15) is 13.6 Å². The van der Waals surface area contributed by atoms with E-state index < -0.39 is 17.5 Å². The minimum atomic E-state index is -0.776. The Kier molecular flexibility index (Phi) is 5.35. The van der Waals surface area contributed by atoms with Crippen molar-refractivity contribution in [2.45, 2.75) is 27.7 Å². The molecule has 2 N–H and O–H groups in total. The minimum Gasteiger partial charge on any atom is -0.322 e. The summed E-state index contributed by atoms with van der Waals surface area (Å²) in [4.78, 5) is 21.1. The van der Waals surface area contributed by atoms with E-state index in [2.05, 4.69) is 20.6 Å². The molecule has 5 nitrogen and oxygen atoms in total. The highest BCUT2D eigenvalue weighted by atomic mass is 19.1. The molecule has 0 aliphatic rings. The fraction of sp³-hybridized carbons (Fsp3) is 0.190. The normalized spacial score (nSPS) is 10.6. The number of nitrogens with zero attached hydrogens (tertiary/aromatic N) is 2. The van der Waals surface area contributed by atoms with Gasteiger partial charge in [-0.25, -0.2) is 18.7 Å². The molecule has 1 amide bonds. The lowest BCUT2D eigenvalue weighted by Gasteiger charge is -2.13. The van der Waals surface area contributed by atoms with Crippen LogP contribution in [0.15, 0.2) is 36.4 Å². The summed E-state index contributed by atoms with van der Waals surface area (Å²) in [7, 11) is 0. The van der Waals surface area contributed by atoms with Crippen LogP contribution >= 0.6 is 0 Å². The van der Waals surface area contributed by atoms with Crippen molar-refractivity contribution in [3.8, 4) is 0 Å². The quantitative estimate of drug-likeness (QED) is 0.668. The second-order valence-corrected chi connectivity index (χ2v) is 6.70. The van der Waals surface area contributed by atoms with E-state index in [4.69, 9.17) is 0 Å². The van der Waals surface area contributed by atoms with Crippen LogP contribution < -0.4 is 10.6 Å². The summed E-state index contributed by atoms with van der Waals surface area (Å²) in [5, 5.41) is 5.56. The van der Waals surface area contributed by atoms with Gasteiger partial charge in [0.1, 0.15) is 17.3 Å². The summed E-state index contributed by atoms with van der Waals surface area (Å²) in [5.41, 5.74) is 4.42. The number of halogens is 2. The first kappa shape index (κ1) is 19.4. The molecule has 0 atom stereocenters. The molecule has 7 heteroatoms. The number of rotatable bonds is 4. The highest BCUT2D eigenvalue weighted by Crippen LogP contribution is 2.23. The summed E-state index contributed by atoms with van der Waals surface area (Å²) in [6.45, 7) is 7.54. The lowest BCUT2D eigenvalue weighted by molar-refractivity contribution is 0.102. The number of carbonyl (C=O) groups is 1. The molecule has 0 bridgehead atoms. The van der Waals surface area contributed by atoms with E-state index >= 15 is 0 Å². The van der Waals surface area contributed by atoms with Crippen LogP contribution in [0, 0.1) is 39.3 Å². The molecule has 0 aliphatic carbocycles. The van der Waals surface area contributed by atoms with E-state index in [1.165, 1.54) is 6.07 Å². The smallest absolute Gasteiger partial charge is 0.274 e. The second kappa shape index (κ2) is 7.72. The third kappa shape index (κ3) is 4.31. The monoisotopic (exact) mass is 382 g/mol. The zero-order valence-corrected chi connectivity index (χ0v) is 16.0. The van der Waals surface area contributed by atoms with Crippen molar-refractivity contribution in [3.05, 3.63) is 76.1 Å². The number of hydrogen-bond acceptors (Lipinski definition) is 4. The van der Waals surface area contributed by atoms with Gasteiger partial charge in [0.25, 0.3) is 5.91 Å². The number of anilines is 3. The van der Waals surface area contributed by atoms with Gasteiger partial charge in [-0.05, 0) is 57.0 Å². The number of aryl methyl sites for hydroxylation is 4. The van der Waals surface area contributed by atoms with Gasteiger partial charge in [0.15, 0.2) is 0 Å². The molecular weight excluding hydrogens is 362 g/mol. The van der Waals surface area contributed by atoms with Gasteiger partial charge in [0, 0.05) is 17.4 Å². The number of nitrogens with one attached hydrogen (secondary N) is 2. The first-order valence-electron chi connectivity index (χ1n) is 8.70. The van der Waals surface area contributed by atoms with Crippen LogP contribution in [0.4, 0.5) is 26.1 Å². The average molecular weight is 382 g/mol. The largest absolute Gasteiger partial charge is 0.322 e. The highest BCUT2D eigenvalue weighted by molar-refractivity contribution is 6.04. The fourth-order valence-corrected chi connectivity index (χ4v) is 3.01. The maximum Gasteiger partial charge on any atom is 0.274 e. The fourth-order valence-electron chi connectivity index (χ4n) is 3.01. The molecule has 1 aromatic heterocycles. The molecule has 1 heterocycles. The van der Waals surface area contributed by atoms with Gasteiger partial charge in [-0.3, -0.25) is 4.79 Å². The highest BCUT2D eigenvalue weighted by Gasteiger charge is 2.15. The van der Waals surface area contributed by atoms with Crippen LogP contribution in [0.3, 0.4) is 0 Å². The first-order valence-corrected chi connectivity index (χ1v) is 8.70. The average Bonchev–Trinajstić information content (AvgIpc) is 2.60. The van der Waals surface area contributed by atoms with E-state index in [0.29, 0.717) is 5.69 Å². The molecular formula is C21H20F2N4O. The Morgan fingerprint density at radius 1 is 0.929 bits per heavy atom. The van der Waals surface area contributed by atoms with Gasteiger partial charge < -0.3 is 10.6 Å². The van der Waals surface area contributed by atoms with E-state index in [1.807, 2.05) is 32.9 Å². The Morgan fingerprint density at radius 3 is 2.25 bits per heavy atom. The lowest BCUT2D eigenvalue weighted by atomic mass is 10.0. The van der Waals surface area contributed by atoms with Crippen LogP contribution in [0.1, 0.15) is 32.9 Å². The molecule has 0 aliphatic heterocycles. The predicted molar refractivity (Wildman–Crippen MR) is 105 cm³/mol. The van der Waals surface area contributed by atoms with Crippen LogP contribution in [-0.4, -0.2) is 15.9 Å². The molecule has 28 heavy (non-hydrogen) atoms. The number of benzene rings is 2. The van der Waals surface area contributed by atoms with Gasteiger partial charge in [0.2, 0.25) is 5.95 Å². The van der Waals surface area contributed by atoms with Crippen molar-refractivity contribution in [1.29, 1.82) is 0 Å². The van der Waals surface area contributed by atoms with Gasteiger partial charge >= 0.3 is 0 Å². The summed E-state index contributed by atoms with van der Waals surface area (Å²) in [5.74, 6) is -1.81. The maximum atomic E-state index is 13.9. The molecule has 0 unspecified atom stereocenters. The predicted octanol–water partition coefficient (Wildman–Crippen LogP) is 4.98. The van der Waals surface area contributed by atoms with Gasteiger partial charge in [0.05, 0.1) is 5.69 Å². The van der Waals surface area contributed by atoms with Crippen LogP contribution in [0.2, 0.25) is 0 Å². The van der Waals surface area contributed by atoms with Crippen molar-refractivity contribution in [3.63, 3.8) is 0 Å². The lowest BCUT2D eigenvalue weighted by Crippen LogP contribution is -2.17. The third-order valence-electron chi connectivity index (χ3n) is 4.18. The van der Waals surface area contributed by atoms with Gasteiger partial charge in [-0.15, -0.1) is 0 Å². The van der Waals surface area contributed by atoms with Crippen molar-refractivity contribution in [2.75, 3.05) is 10.6 Å². The van der Waals surface area contributed by atoms with E-state index in [-0.39, 0.29) is 17.3 Å². The molecule has 2 aromatic carbocycles. The van der Waals surface area contributed by atoms with Crippen molar-refractivity contribution >= 4 is 23.2 Å². The number of aromatic nitrogens is 2. The number of amides is 1. The maximum absolute atomic E-state index is 13.9. The first-order chi connectivity index (χ1) is 13.2. The zero-order valence-electron chi connectivity index (χ0n) is 16.0. The third-order valence-corrected chi connectivity index (χ3v) is 4.18. The molecule has 0 fully saturated rings. The summed E-state index contributed by atoms with van der Waals surface area (Å²) in [6, 6.07) is 8.64. The Morgan fingerprint density at radius 2 is 1.61 bits per heavy atom. The molecule has 0 spiro atoms. The van der Waals surface area contributed by atoms with Crippen LogP contribution in [-0.2, 0) is 0 Å². The van der Waals surface area contributed by atoms with E-state index in [0.717, 1.165) is 34.5 Å². The zero-order chi connectivity index (χ0) is 20.4. The summed E-state index contributed by atoms with van der Waals surface area (Å²) < 4.78 is 26.9. The molecule has 3 rings (SSSR count). The minimum absolute atomic E-state index is 0.0172. The van der Waals surface area contributed by atoms with Crippen molar-refractivity contribution < 1.29 is 13.6 Å². The summed E-state index contributed by atoms with van der Waals surface area (Å²) >= 11 is 0. The molecule has 144 valence electrons. The molecule has 0 saturated carbocycles. The number of carbonyl (C=O) groups excluding carboxylic acids is 1. The van der Waals surface area contributed by atoms with Gasteiger partial charge in [-0.1, -0.05) is 17.7 Å². The Bertz CT molecular complexity index is 1040. The van der Waals surface area contributed by atoms with Crippen LogP contribution in [0.25, 0.3) is 0 Å². The SMILES string of the molecule is Cc1cc(C)c(NC(=O)c2cc(C)nc(Nc3ccc(F)cc3F)n2)c(C)c1. The Labute approximate surface area is 161 Å². The molecule has 3 aromatic rings.